The summed E-state index contributed by atoms with van der Waals surface area (Å²) in [6, 6.07) is 5.55. The second kappa shape index (κ2) is 7.00. The molecule has 0 aromatic heterocycles. The zero-order valence-electron chi connectivity index (χ0n) is 14.6. The number of carboxylic acid groups (broad SMARTS) is 1. The largest absolute Gasteiger partial charge is 0.486 e. The highest BCUT2D eigenvalue weighted by Crippen LogP contribution is 2.32. The van der Waals surface area contributed by atoms with Gasteiger partial charge in [0.2, 0.25) is 0 Å². The number of nitrogens with zero attached hydrogens (tertiary/aromatic N) is 1. The van der Waals surface area contributed by atoms with Crippen molar-refractivity contribution in [3.8, 4) is 5.75 Å². The van der Waals surface area contributed by atoms with E-state index in [2.05, 4.69) is 5.32 Å². The minimum absolute atomic E-state index is 0.343. The Labute approximate surface area is 145 Å². The van der Waals surface area contributed by atoms with Crippen molar-refractivity contribution >= 4 is 23.7 Å². The number of hydrogen-bond donors (Lipinski definition) is 2. The number of carbonyl (C=O) groups excluding carboxylic acids is 2. The molecule has 8 heteroatoms. The van der Waals surface area contributed by atoms with Crippen LogP contribution in [0.15, 0.2) is 24.3 Å². The van der Waals surface area contributed by atoms with Crippen LogP contribution in [0.5, 0.6) is 5.75 Å². The van der Waals surface area contributed by atoms with E-state index in [-0.39, 0.29) is 0 Å². The number of hydrogen-bond acceptors (Lipinski definition) is 5. The standard InChI is InChI=1S/C17H22N2O6/c1-10-14(18-16(23)25-17(2,3)4)15(22)19(9-13(20)21)11-7-5-6-8-12(11)24-10/h5-8,10,14H,9H2,1-4H3,(H,18,23)(H,20,21)/t10-,14+/m1/s1. The summed E-state index contributed by atoms with van der Waals surface area (Å²) >= 11 is 0. The summed E-state index contributed by atoms with van der Waals surface area (Å²) in [6.07, 6.45) is -1.48. The monoisotopic (exact) mass is 350 g/mol. The third kappa shape index (κ3) is 4.62. The van der Waals surface area contributed by atoms with Gasteiger partial charge in [-0.1, -0.05) is 12.1 Å². The van der Waals surface area contributed by atoms with Crippen LogP contribution >= 0.6 is 0 Å². The molecule has 1 aromatic carbocycles. The van der Waals surface area contributed by atoms with Crippen molar-refractivity contribution in [1.82, 2.24) is 5.32 Å². The normalized spacial score (nSPS) is 20.2. The smallest absolute Gasteiger partial charge is 0.408 e. The lowest BCUT2D eigenvalue weighted by molar-refractivity contribution is -0.137. The maximum absolute atomic E-state index is 12.9. The molecule has 136 valence electrons. The lowest BCUT2D eigenvalue weighted by atomic mass is 10.1. The highest BCUT2D eigenvalue weighted by Gasteiger charge is 2.38. The number of amides is 2. The van der Waals surface area contributed by atoms with Gasteiger partial charge in [0.15, 0.2) is 0 Å². The van der Waals surface area contributed by atoms with E-state index in [4.69, 9.17) is 14.6 Å². The fourth-order valence-corrected chi connectivity index (χ4v) is 2.45. The third-order valence-corrected chi connectivity index (χ3v) is 3.44. The van der Waals surface area contributed by atoms with E-state index >= 15 is 0 Å². The average Bonchev–Trinajstić information content (AvgIpc) is 2.56. The third-order valence-electron chi connectivity index (χ3n) is 3.44. The Morgan fingerprint density at radius 1 is 1.32 bits per heavy atom. The number of carbonyl (C=O) groups is 3. The Morgan fingerprint density at radius 3 is 2.56 bits per heavy atom. The van der Waals surface area contributed by atoms with Crippen LogP contribution in [0.1, 0.15) is 27.7 Å². The van der Waals surface area contributed by atoms with Gasteiger partial charge >= 0.3 is 12.1 Å². The summed E-state index contributed by atoms with van der Waals surface area (Å²) < 4.78 is 10.9. The van der Waals surface area contributed by atoms with Crippen LogP contribution in [0.25, 0.3) is 0 Å². The first-order valence-corrected chi connectivity index (χ1v) is 7.87. The molecule has 2 N–H and O–H groups in total. The maximum atomic E-state index is 12.9. The SMILES string of the molecule is C[C@H]1Oc2ccccc2N(CC(=O)O)C(=O)[C@H]1NC(=O)OC(C)(C)C. The van der Waals surface area contributed by atoms with Crippen molar-refractivity contribution in [2.45, 2.75) is 45.4 Å². The van der Waals surface area contributed by atoms with Gasteiger partial charge in [-0.15, -0.1) is 0 Å². The summed E-state index contributed by atoms with van der Waals surface area (Å²) in [6.45, 7) is 6.19. The Hall–Kier alpha value is -2.77. The molecule has 0 radical (unpaired) electrons. The molecule has 2 amide bonds. The van der Waals surface area contributed by atoms with Crippen molar-refractivity contribution in [3.63, 3.8) is 0 Å². The molecular formula is C17H22N2O6. The van der Waals surface area contributed by atoms with Gasteiger partial charge in [-0.3, -0.25) is 14.5 Å². The second-order valence-corrected chi connectivity index (χ2v) is 6.73. The number of benzene rings is 1. The van der Waals surface area contributed by atoms with Crippen molar-refractivity contribution in [2.75, 3.05) is 11.4 Å². The van der Waals surface area contributed by atoms with Crippen LogP contribution in [-0.2, 0) is 14.3 Å². The maximum Gasteiger partial charge on any atom is 0.408 e. The van der Waals surface area contributed by atoms with Crippen LogP contribution in [0.3, 0.4) is 0 Å². The summed E-state index contributed by atoms with van der Waals surface area (Å²) in [5, 5.41) is 11.6. The quantitative estimate of drug-likeness (QED) is 0.861. The molecule has 8 nitrogen and oxygen atoms in total. The van der Waals surface area contributed by atoms with Gasteiger partial charge in [0.25, 0.3) is 5.91 Å². The lowest BCUT2D eigenvalue weighted by Crippen LogP contribution is -2.55. The van der Waals surface area contributed by atoms with Gasteiger partial charge in [0.05, 0.1) is 5.69 Å². The first-order chi connectivity index (χ1) is 11.6. The minimum Gasteiger partial charge on any atom is -0.486 e. The summed E-state index contributed by atoms with van der Waals surface area (Å²) in [7, 11) is 0. The molecule has 0 aliphatic carbocycles. The first kappa shape index (κ1) is 18.6. The molecule has 1 aromatic rings. The minimum atomic E-state index is -1.17. The van der Waals surface area contributed by atoms with E-state index < -0.39 is 42.3 Å². The Balaban J connectivity index is 2.32. The molecular weight excluding hydrogens is 328 g/mol. The van der Waals surface area contributed by atoms with Crippen LogP contribution in [-0.4, -0.2) is 47.4 Å². The fraction of sp³-hybridized carbons (Fsp3) is 0.471. The summed E-state index contributed by atoms with van der Waals surface area (Å²) in [5.41, 5.74) is -0.388. The van der Waals surface area contributed by atoms with Crippen molar-refractivity contribution < 1.29 is 29.0 Å². The highest BCUT2D eigenvalue weighted by atomic mass is 16.6. The van der Waals surface area contributed by atoms with Crippen LogP contribution in [0, 0.1) is 0 Å². The van der Waals surface area contributed by atoms with Gasteiger partial charge < -0.3 is 19.9 Å². The molecule has 0 saturated heterocycles. The molecule has 2 rings (SSSR count). The highest BCUT2D eigenvalue weighted by molar-refractivity contribution is 6.03. The molecule has 0 saturated carbocycles. The van der Waals surface area contributed by atoms with Gasteiger partial charge in [0.1, 0.15) is 30.0 Å². The number of rotatable bonds is 3. The van der Waals surface area contributed by atoms with Crippen LogP contribution < -0.4 is 15.0 Å². The van der Waals surface area contributed by atoms with Gasteiger partial charge in [-0.2, -0.15) is 0 Å². The van der Waals surface area contributed by atoms with E-state index in [0.29, 0.717) is 11.4 Å². The van der Waals surface area contributed by atoms with Crippen molar-refractivity contribution in [1.29, 1.82) is 0 Å². The summed E-state index contributed by atoms with van der Waals surface area (Å²) in [4.78, 5) is 37.2. The first-order valence-electron chi connectivity index (χ1n) is 7.87. The van der Waals surface area contributed by atoms with Crippen molar-refractivity contribution in [3.05, 3.63) is 24.3 Å². The average molecular weight is 350 g/mol. The van der Waals surface area contributed by atoms with E-state index in [1.165, 1.54) is 0 Å². The number of carboxylic acids is 1. The number of nitrogens with one attached hydrogen (secondary N) is 1. The second-order valence-electron chi connectivity index (χ2n) is 6.73. The molecule has 0 fully saturated rings. The number of alkyl carbamates (subject to hydrolysis) is 1. The predicted octanol–water partition coefficient (Wildman–Crippen LogP) is 1.78. The van der Waals surface area contributed by atoms with Crippen LogP contribution in [0.2, 0.25) is 0 Å². The van der Waals surface area contributed by atoms with Crippen molar-refractivity contribution in [2.24, 2.45) is 0 Å². The van der Waals surface area contributed by atoms with E-state index in [9.17, 15) is 14.4 Å². The van der Waals surface area contributed by atoms with Gasteiger partial charge in [-0.05, 0) is 39.8 Å². The Bertz CT molecular complexity index is 682. The molecule has 1 heterocycles. The molecule has 25 heavy (non-hydrogen) atoms. The molecule has 1 aliphatic heterocycles. The van der Waals surface area contributed by atoms with Gasteiger partial charge in [-0.25, -0.2) is 4.79 Å². The Kier molecular flexibility index (Phi) is 5.20. The predicted molar refractivity (Wildman–Crippen MR) is 89.7 cm³/mol. The molecule has 0 spiro atoms. The van der Waals surface area contributed by atoms with Crippen LogP contribution in [0.4, 0.5) is 10.5 Å². The van der Waals surface area contributed by atoms with E-state index in [1.807, 2.05) is 0 Å². The summed E-state index contributed by atoms with van der Waals surface area (Å²) in [5.74, 6) is -1.38. The number of fused-ring (bicyclic) bond motifs is 1. The molecule has 0 bridgehead atoms. The topological polar surface area (TPSA) is 105 Å². The van der Waals surface area contributed by atoms with E-state index in [0.717, 1.165) is 4.90 Å². The van der Waals surface area contributed by atoms with E-state index in [1.54, 1.807) is 52.0 Å². The number of para-hydroxylation sites is 2. The molecule has 2 atom stereocenters. The van der Waals surface area contributed by atoms with Gasteiger partial charge in [0, 0.05) is 0 Å². The zero-order chi connectivity index (χ0) is 18.8. The fourth-order valence-electron chi connectivity index (χ4n) is 2.45. The number of aliphatic carboxylic acids is 1. The molecule has 1 aliphatic rings. The Morgan fingerprint density at radius 2 is 1.96 bits per heavy atom. The number of ether oxygens (including phenoxy) is 2. The zero-order valence-corrected chi connectivity index (χ0v) is 14.6. The molecule has 0 unspecified atom stereocenters. The lowest BCUT2D eigenvalue weighted by Gasteiger charge is -2.27. The number of anilines is 1.